The van der Waals surface area contributed by atoms with Crippen LogP contribution in [0.15, 0.2) is 48.8 Å². The lowest BCUT2D eigenvalue weighted by atomic mass is 9.98. The first-order chi connectivity index (χ1) is 7.77. The van der Waals surface area contributed by atoms with Crippen molar-refractivity contribution in [1.29, 1.82) is 5.41 Å². The van der Waals surface area contributed by atoms with E-state index in [-0.39, 0.29) is 11.8 Å². The van der Waals surface area contributed by atoms with Crippen molar-refractivity contribution in [2.45, 2.75) is 12.5 Å². The molecule has 2 aromatic rings. The zero-order chi connectivity index (χ0) is 11.4. The molecule has 0 fully saturated rings. The van der Waals surface area contributed by atoms with Gasteiger partial charge in [-0.2, -0.15) is 5.10 Å². The summed E-state index contributed by atoms with van der Waals surface area (Å²) in [5.41, 5.74) is 6.67. The summed E-state index contributed by atoms with van der Waals surface area (Å²) in [5, 5.41) is 11.8. The molecule has 0 radical (unpaired) electrons. The normalized spacial score (nSPS) is 12.2. The summed E-state index contributed by atoms with van der Waals surface area (Å²) in [5.74, 6) is 0.0581. The Bertz CT molecular complexity index is 447. The number of amidine groups is 1. The van der Waals surface area contributed by atoms with E-state index in [4.69, 9.17) is 11.1 Å². The van der Waals surface area contributed by atoms with Crippen molar-refractivity contribution >= 4 is 5.84 Å². The molecule has 16 heavy (non-hydrogen) atoms. The molecule has 0 aliphatic rings. The summed E-state index contributed by atoms with van der Waals surface area (Å²) in [7, 11) is 0. The Morgan fingerprint density at radius 1 is 1.31 bits per heavy atom. The highest BCUT2D eigenvalue weighted by Gasteiger charge is 2.15. The fourth-order valence-corrected chi connectivity index (χ4v) is 1.66. The topological polar surface area (TPSA) is 67.7 Å². The lowest BCUT2D eigenvalue weighted by Crippen LogP contribution is -2.25. The van der Waals surface area contributed by atoms with Gasteiger partial charge in [-0.1, -0.05) is 30.3 Å². The van der Waals surface area contributed by atoms with E-state index in [2.05, 4.69) is 5.10 Å². The van der Waals surface area contributed by atoms with Crippen molar-refractivity contribution < 1.29 is 0 Å². The van der Waals surface area contributed by atoms with E-state index >= 15 is 0 Å². The first kappa shape index (κ1) is 10.4. The summed E-state index contributed by atoms with van der Waals surface area (Å²) in [6.07, 6.45) is 3.60. The highest BCUT2D eigenvalue weighted by Crippen LogP contribution is 2.16. The molecule has 1 unspecified atom stereocenters. The molecule has 1 heterocycles. The van der Waals surface area contributed by atoms with Crippen LogP contribution in [0.4, 0.5) is 0 Å². The summed E-state index contributed by atoms with van der Waals surface area (Å²) >= 11 is 0. The number of nitrogens with zero attached hydrogens (tertiary/aromatic N) is 2. The minimum atomic E-state index is -0.110. The minimum absolute atomic E-state index is 0.110. The second-order valence-electron chi connectivity index (χ2n) is 3.65. The number of hydrogen-bond donors (Lipinski definition) is 2. The predicted octanol–water partition coefficient (Wildman–Crippen LogP) is 1.60. The van der Waals surface area contributed by atoms with Gasteiger partial charge in [0.05, 0.1) is 12.5 Å². The molecule has 1 atom stereocenters. The van der Waals surface area contributed by atoms with Crippen LogP contribution in [0.2, 0.25) is 0 Å². The van der Waals surface area contributed by atoms with Crippen LogP contribution in [0.25, 0.3) is 0 Å². The van der Waals surface area contributed by atoms with Gasteiger partial charge in [-0.3, -0.25) is 10.1 Å². The van der Waals surface area contributed by atoms with Gasteiger partial charge in [-0.05, 0) is 11.6 Å². The van der Waals surface area contributed by atoms with Crippen molar-refractivity contribution in [3.8, 4) is 0 Å². The number of benzene rings is 1. The third-order valence-electron chi connectivity index (χ3n) is 2.51. The third-order valence-corrected chi connectivity index (χ3v) is 2.51. The smallest absolute Gasteiger partial charge is 0.100 e. The van der Waals surface area contributed by atoms with E-state index in [1.165, 1.54) is 0 Å². The number of hydrogen-bond acceptors (Lipinski definition) is 2. The molecule has 82 valence electrons. The summed E-state index contributed by atoms with van der Waals surface area (Å²) in [4.78, 5) is 0. The van der Waals surface area contributed by atoms with Crippen molar-refractivity contribution in [2.75, 3.05) is 0 Å². The van der Waals surface area contributed by atoms with Gasteiger partial charge in [0, 0.05) is 12.4 Å². The highest BCUT2D eigenvalue weighted by atomic mass is 15.3. The van der Waals surface area contributed by atoms with E-state index < -0.39 is 0 Å². The largest absolute Gasteiger partial charge is 0.387 e. The van der Waals surface area contributed by atoms with Crippen molar-refractivity contribution in [1.82, 2.24) is 9.78 Å². The molecule has 0 saturated heterocycles. The Morgan fingerprint density at radius 2 is 2.06 bits per heavy atom. The van der Waals surface area contributed by atoms with Crippen LogP contribution in [-0.4, -0.2) is 15.6 Å². The lowest BCUT2D eigenvalue weighted by Gasteiger charge is -2.15. The van der Waals surface area contributed by atoms with Crippen molar-refractivity contribution in [3.05, 3.63) is 54.4 Å². The quantitative estimate of drug-likeness (QED) is 0.599. The van der Waals surface area contributed by atoms with E-state index in [0.717, 1.165) is 5.56 Å². The van der Waals surface area contributed by atoms with E-state index in [1.54, 1.807) is 10.9 Å². The van der Waals surface area contributed by atoms with Gasteiger partial charge in [0.25, 0.3) is 0 Å². The van der Waals surface area contributed by atoms with Crippen molar-refractivity contribution in [2.24, 2.45) is 5.73 Å². The summed E-state index contributed by atoms with van der Waals surface area (Å²) < 4.78 is 1.79. The monoisotopic (exact) mass is 214 g/mol. The Labute approximate surface area is 94.2 Å². The van der Waals surface area contributed by atoms with Crippen LogP contribution in [-0.2, 0) is 6.54 Å². The van der Waals surface area contributed by atoms with Crippen LogP contribution in [0.1, 0.15) is 11.5 Å². The second kappa shape index (κ2) is 4.61. The van der Waals surface area contributed by atoms with Gasteiger partial charge in [0.1, 0.15) is 5.84 Å². The Kier molecular flexibility index (Phi) is 3.00. The van der Waals surface area contributed by atoms with Gasteiger partial charge >= 0.3 is 0 Å². The Morgan fingerprint density at radius 3 is 2.62 bits per heavy atom. The van der Waals surface area contributed by atoms with Crippen LogP contribution in [0.5, 0.6) is 0 Å². The molecule has 4 nitrogen and oxygen atoms in total. The van der Waals surface area contributed by atoms with E-state index in [1.807, 2.05) is 42.6 Å². The van der Waals surface area contributed by atoms with Crippen LogP contribution < -0.4 is 5.73 Å². The maximum absolute atomic E-state index is 7.63. The molecule has 3 N–H and O–H groups in total. The molecule has 0 aliphatic carbocycles. The zero-order valence-electron chi connectivity index (χ0n) is 8.88. The van der Waals surface area contributed by atoms with Gasteiger partial charge in [-0.25, -0.2) is 0 Å². The highest BCUT2D eigenvalue weighted by molar-refractivity contribution is 5.84. The molecule has 0 aliphatic heterocycles. The maximum Gasteiger partial charge on any atom is 0.100 e. The maximum atomic E-state index is 7.63. The van der Waals surface area contributed by atoms with Gasteiger partial charge < -0.3 is 5.73 Å². The van der Waals surface area contributed by atoms with E-state index in [0.29, 0.717) is 6.54 Å². The second-order valence-corrected chi connectivity index (χ2v) is 3.65. The SMILES string of the molecule is N=C(N)C(Cn1cccn1)c1ccccc1. The Balaban J connectivity index is 2.22. The fourth-order valence-electron chi connectivity index (χ4n) is 1.66. The third kappa shape index (κ3) is 2.28. The lowest BCUT2D eigenvalue weighted by molar-refractivity contribution is 0.585. The average Bonchev–Trinajstić information content (AvgIpc) is 2.79. The minimum Gasteiger partial charge on any atom is -0.387 e. The molecule has 2 rings (SSSR count). The standard InChI is InChI=1S/C12H14N4/c13-12(14)11(9-16-8-4-7-15-16)10-5-2-1-3-6-10/h1-8,11H,9H2,(H3,13,14). The van der Waals surface area contributed by atoms with Crippen LogP contribution in [0.3, 0.4) is 0 Å². The predicted molar refractivity (Wildman–Crippen MR) is 63.3 cm³/mol. The van der Waals surface area contributed by atoms with Gasteiger partial charge in [0.15, 0.2) is 0 Å². The van der Waals surface area contributed by atoms with Gasteiger partial charge in [0.2, 0.25) is 0 Å². The zero-order valence-corrected chi connectivity index (χ0v) is 8.88. The number of rotatable bonds is 4. The molecule has 0 bridgehead atoms. The average molecular weight is 214 g/mol. The number of nitrogens with two attached hydrogens (primary N) is 1. The molecule has 0 amide bonds. The van der Waals surface area contributed by atoms with Crippen LogP contribution in [0, 0.1) is 5.41 Å². The number of aromatic nitrogens is 2. The first-order valence-electron chi connectivity index (χ1n) is 5.13. The summed E-state index contributed by atoms with van der Waals surface area (Å²) in [6, 6.07) is 11.7. The first-order valence-corrected chi connectivity index (χ1v) is 5.13. The molecular formula is C12H14N4. The fraction of sp³-hybridized carbons (Fsp3) is 0.167. The van der Waals surface area contributed by atoms with Crippen LogP contribution >= 0.6 is 0 Å². The molecule has 1 aromatic heterocycles. The summed E-state index contributed by atoms with van der Waals surface area (Å²) in [6.45, 7) is 0.604. The molecule has 0 spiro atoms. The van der Waals surface area contributed by atoms with Crippen molar-refractivity contribution in [3.63, 3.8) is 0 Å². The molecule has 4 heteroatoms. The number of nitrogens with one attached hydrogen (secondary N) is 1. The molecule has 1 aromatic carbocycles. The molecule has 0 saturated carbocycles. The Hall–Kier alpha value is -2.10. The molecular weight excluding hydrogens is 200 g/mol. The van der Waals surface area contributed by atoms with Gasteiger partial charge in [-0.15, -0.1) is 0 Å². The van der Waals surface area contributed by atoms with E-state index in [9.17, 15) is 0 Å².